The van der Waals surface area contributed by atoms with E-state index >= 15 is 0 Å². The molecule has 0 spiro atoms. The van der Waals surface area contributed by atoms with Gasteiger partial charge in [0.15, 0.2) is 5.69 Å². The summed E-state index contributed by atoms with van der Waals surface area (Å²) in [6.07, 6.45) is -0.457. The average Bonchev–Trinajstić information content (AvgIpc) is 3.17. The number of nitrogens with zero attached hydrogens (tertiary/aromatic N) is 3. The molecule has 0 aliphatic carbocycles. The second-order valence-corrected chi connectivity index (χ2v) is 11.2. The number of amides is 2. The van der Waals surface area contributed by atoms with Gasteiger partial charge in [0.25, 0.3) is 21.5 Å². The Balaban J connectivity index is 1.82. The molecule has 0 bridgehead atoms. The van der Waals surface area contributed by atoms with Gasteiger partial charge in [0.2, 0.25) is 0 Å². The zero-order valence-corrected chi connectivity index (χ0v) is 24.5. The number of carbonyl (C=O) groups is 2. The van der Waals surface area contributed by atoms with Crippen molar-refractivity contribution in [2.45, 2.75) is 32.1 Å². The largest absolute Gasteiger partial charge is 0.449 e. The molecule has 1 N–H and O–H groups in total. The molecule has 4 rings (SSSR count). The Hall–Kier alpha value is -4.35. The van der Waals surface area contributed by atoms with Gasteiger partial charge in [-0.1, -0.05) is 48.9 Å². The second kappa shape index (κ2) is 12.0. The first-order valence-electron chi connectivity index (χ1n) is 12.8. The monoisotopic (exact) mass is 596 g/mol. The summed E-state index contributed by atoms with van der Waals surface area (Å²) >= 11 is 6.33. The molecular weight excluding hydrogens is 568 g/mol. The van der Waals surface area contributed by atoms with Gasteiger partial charge < -0.3 is 10.1 Å². The number of hydrogen-bond donors (Lipinski definition) is 1. The number of halogens is 1. The maximum absolute atomic E-state index is 14.1. The summed E-state index contributed by atoms with van der Waals surface area (Å²) in [5.74, 6) is -0.590. The Morgan fingerprint density at radius 1 is 1.00 bits per heavy atom. The molecule has 0 saturated heterocycles. The van der Waals surface area contributed by atoms with Crippen LogP contribution in [0.5, 0.6) is 0 Å². The highest BCUT2D eigenvalue weighted by Gasteiger charge is 2.39. The Bertz CT molecular complexity index is 1760. The van der Waals surface area contributed by atoms with Crippen LogP contribution < -0.4 is 15.2 Å². The highest BCUT2D eigenvalue weighted by atomic mass is 35.5. The Morgan fingerprint density at radius 3 is 2.27 bits per heavy atom. The van der Waals surface area contributed by atoms with Gasteiger partial charge in [-0.3, -0.25) is 14.3 Å². The van der Waals surface area contributed by atoms with E-state index < -0.39 is 38.2 Å². The predicted octanol–water partition coefficient (Wildman–Crippen LogP) is 5.30. The first kappa shape index (κ1) is 29.6. The molecule has 12 heteroatoms. The van der Waals surface area contributed by atoms with Gasteiger partial charge in [-0.25, -0.2) is 17.9 Å². The molecule has 3 aromatic carbocycles. The molecule has 0 aliphatic heterocycles. The van der Waals surface area contributed by atoms with E-state index in [1.807, 2.05) is 19.1 Å². The summed E-state index contributed by atoms with van der Waals surface area (Å²) in [5.41, 5.74) is 1.01. The van der Waals surface area contributed by atoms with Crippen molar-refractivity contribution in [2.75, 3.05) is 16.2 Å². The van der Waals surface area contributed by atoms with E-state index in [4.69, 9.17) is 16.3 Å². The predicted molar refractivity (Wildman–Crippen MR) is 158 cm³/mol. The molecule has 41 heavy (non-hydrogen) atoms. The molecule has 0 atom stereocenters. The van der Waals surface area contributed by atoms with Crippen molar-refractivity contribution < 1.29 is 22.7 Å². The normalized spacial score (nSPS) is 11.2. The number of hydrogen-bond acceptors (Lipinski definition) is 6. The van der Waals surface area contributed by atoms with Gasteiger partial charge in [-0.05, 0) is 68.3 Å². The lowest BCUT2D eigenvalue weighted by Gasteiger charge is -2.21. The number of para-hydroxylation sites is 1. The quantitative estimate of drug-likeness (QED) is 0.295. The van der Waals surface area contributed by atoms with E-state index in [0.717, 1.165) is 18.1 Å². The lowest BCUT2D eigenvalue weighted by Crippen LogP contribution is -2.41. The number of nitrogens with one attached hydrogen (secondary N) is 1. The molecule has 0 unspecified atom stereocenters. The van der Waals surface area contributed by atoms with E-state index in [1.54, 1.807) is 49.5 Å². The number of ether oxygens (including phenoxy) is 1. The third-order valence-electron chi connectivity index (χ3n) is 6.49. The minimum absolute atomic E-state index is 0.0252. The molecule has 1 aromatic heterocycles. The molecule has 4 aromatic rings. The zero-order valence-electron chi connectivity index (χ0n) is 22.9. The molecule has 214 valence electrons. The van der Waals surface area contributed by atoms with Gasteiger partial charge in [-0.15, -0.1) is 0 Å². The van der Waals surface area contributed by atoms with E-state index in [1.165, 1.54) is 35.3 Å². The van der Waals surface area contributed by atoms with E-state index in [9.17, 15) is 22.8 Å². The van der Waals surface area contributed by atoms with Crippen LogP contribution in [0.25, 0.3) is 5.69 Å². The minimum atomic E-state index is -4.85. The summed E-state index contributed by atoms with van der Waals surface area (Å²) < 4.78 is 36.2. The Kier molecular flexibility index (Phi) is 8.69. The van der Waals surface area contributed by atoms with Crippen molar-refractivity contribution in [2.24, 2.45) is 7.05 Å². The van der Waals surface area contributed by atoms with E-state index in [0.29, 0.717) is 15.7 Å². The number of sulfonamides is 1. The van der Waals surface area contributed by atoms with E-state index in [2.05, 4.69) is 5.32 Å². The number of benzene rings is 3. The SMILES string of the molecule is CCOC(=O)N(c1c(C)n(C)n(-c2ccccc2)c1=O)S(=O)(=O)c1cc(C(=O)Nc2ccc(CC)cc2)ccc1Cl. The van der Waals surface area contributed by atoms with Crippen LogP contribution >= 0.6 is 11.6 Å². The fraction of sp³-hybridized carbons (Fsp3) is 0.207. The summed E-state index contributed by atoms with van der Waals surface area (Å²) in [4.78, 5) is 39.4. The van der Waals surface area contributed by atoms with Crippen molar-refractivity contribution in [1.29, 1.82) is 0 Å². The zero-order chi connectivity index (χ0) is 29.9. The highest BCUT2D eigenvalue weighted by molar-refractivity contribution is 7.93. The van der Waals surface area contributed by atoms with Gasteiger partial charge in [0.1, 0.15) is 4.90 Å². The molecule has 0 fully saturated rings. The maximum Gasteiger partial charge on any atom is 0.428 e. The van der Waals surface area contributed by atoms with Crippen molar-refractivity contribution in [1.82, 2.24) is 9.36 Å². The fourth-order valence-corrected chi connectivity index (χ4v) is 6.14. The minimum Gasteiger partial charge on any atom is -0.449 e. The standard InChI is InChI=1S/C29H29ClN4O6S/c1-5-20-12-15-22(16-13-20)31-27(35)21-14-17-24(30)25(18-21)41(38,39)34(29(37)40-6-2)26-19(3)32(4)33(28(26)36)23-10-8-7-9-11-23/h7-18H,5-6H2,1-4H3,(H,31,35). The van der Waals surface area contributed by atoms with Crippen LogP contribution in [0.2, 0.25) is 5.02 Å². The lowest BCUT2D eigenvalue weighted by molar-refractivity contribution is 0.102. The first-order chi connectivity index (χ1) is 19.5. The summed E-state index contributed by atoms with van der Waals surface area (Å²) in [6, 6.07) is 19.4. The second-order valence-electron chi connectivity index (χ2n) is 9.03. The maximum atomic E-state index is 14.1. The molecule has 0 radical (unpaired) electrons. The Morgan fingerprint density at radius 2 is 1.66 bits per heavy atom. The van der Waals surface area contributed by atoms with Crippen LogP contribution in [0, 0.1) is 6.92 Å². The number of rotatable bonds is 8. The van der Waals surface area contributed by atoms with Crippen molar-refractivity contribution in [3.63, 3.8) is 0 Å². The highest BCUT2D eigenvalue weighted by Crippen LogP contribution is 2.31. The van der Waals surface area contributed by atoms with Crippen LogP contribution in [-0.4, -0.2) is 36.4 Å². The smallest absolute Gasteiger partial charge is 0.428 e. The van der Waals surface area contributed by atoms with Crippen molar-refractivity contribution in [3.05, 3.63) is 105 Å². The number of carbonyl (C=O) groups excluding carboxylic acids is 2. The summed E-state index contributed by atoms with van der Waals surface area (Å²) in [6.45, 7) is 4.87. The lowest BCUT2D eigenvalue weighted by atomic mass is 10.1. The van der Waals surface area contributed by atoms with Crippen molar-refractivity contribution >= 4 is 45.0 Å². The van der Waals surface area contributed by atoms with E-state index in [-0.39, 0.29) is 22.9 Å². The topological polar surface area (TPSA) is 120 Å². The van der Waals surface area contributed by atoms with Crippen molar-refractivity contribution in [3.8, 4) is 5.69 Å². The average molecular weight is 597 g/mol. The van der Waals surface area contributed by atoms with Gasteiger partial charge in [-0.2, -0.15) is 4.31 Å². The van der Waals surface area contributed by atoms with Crippen LogP contribution in [0.1, 0.15) is 35.5 Å². The number of anilines is 2. The number of aryl methyl sites for hydroxylation is 1. The molecule has 10 nitrogen and oxygen atoms in total. The molecular formula is C29H29ClN4O6S. The van der Waals surface area contributed by atoms with Gasteiger partial charge in [0.05, 0.1) is 23.0 Å². The molecule has 0 aliphatic rings. The molecule has 0 saturated carbocycles. The third-order valence-corrected chi connectivity index (χ3v) is 8.64. The molecule has 1 heterocycles. The van der Waals surface area contributed by atoms with Crippen LogP contribution in [0.3, 0.4) is 0 Å². The molecule has 2 amide bonds. The van der Waals surface area contributed by atoms with Gasteiger partial charge in [0, 0.05) is 18.3 Å². The first-order valence-corrected chi connectivity index (χ1v) is 14.6. The Labute approximate surface area is 242 Å². The van der Waals surface area contributed by atoms with Gasteiger partial charge >= 0.3 is 6.09 Å². The van der Waals surface area contributed by atoms with Crippen LogP contribution in [0.15, 0.2) is 82.5 Å². The summed E-state index contributed by atoms with van der Waals surface area (Å²) in [7, 11) is -3.29. The summed E-state index contributed by atoms with van der Waals surface area (Å²) in [5, 5.41) is 2.47. The van der Waals surface area contributed by atoms with Crippen LogP contribution in [0.4, 0.5) is 16.2 Å². The third kappa shape index (κ3) is 5.77. The number of aromatic nitrogens is 2. The van der Waals surface area contributed by atoms with Crippen LogP contribution in [-0.2, 0) is 28.2 Å². The fourth-order valence-electron chi connectivity index (χ4n) is 4.25.